The van der Waals surface area contributed by atoms with E-state index in [1.54, 1.807) is 12.1 Å². The van der Waals surface area contributed by atoms with Crippen molar-refractivity contribution in [3.05, 3.63) is 59.1 Å². The zero-order chi connectivity index (χ0) is 20.4. The van der Waals surface area contributed by atoms with Crippen molar-refractivity contribution in [2.45, 2.75) is 30.2 Å². The minimum atomic E-state index is -3.57. The fourth-order valence-electron chi connectivity index (χ4n) is 3.98. The number of carbonyl (C=O) groups is 1. The Labute approximate surface area is 176 Å². The minimum Gasteiger partial charge on any atom is -0.311 e. The van der Waals surface area contributed by atoms with E-state index in [0.29, 0.717) is 37.5 Å². The van der Waals surface area contributed by atoms with Crippen LogP contribution in [-0.4, -0.2) is 51.4 Å². The molecule has 2 aromatic rings. The number of hydrogen-bond donors (Lipinski definition) is 1. The minimum absolute atomic E-state index is 0.107. The molecule has 0 spiro atoms. The summed E-state index contributed by atoms with van der Waals surface area (Å²) in [7, 11) is -3.57. The summed E-state index contributed by atoms with van der Waals surface area (Å²) in [5.41, 5.74) is 2.24. The van der Waals surface area contributed by atoms with E-state index in [1.165, 1.54) is 17.7 Å². The molecular weight excluding hydrogens is 410 g/mol. The van der Waals surface area contributed by atoms with E-state index in [0.717, 1.165) is 18.7 Å². The third-order valence-corrected chi connectivity index (χ3v) is 7.37. The lowest BCUT2D eigenvalue weighted by atomic mass is 10.1. The first-order valence-corrected chi connectivity index (χ1v) is 11.7. The summed E-state index contributed by atoms with van der Waals surface area (Å²) in [6.45, 7) is 2.48. The third-order valence-electron chi connectivity index (χ3n) is 5.58. The summed E-state index contributed by atoms with van der Waals surface area (Å²) in [5.74, 6) is 0.107. The van der Waals surface area contributed by atoms with Crippen LogP contribution in [0.5, 0.6) is 0 Å². The standard InChI is InChI=1S/C21H24ClN3O3S/c22-17-5-7-19(8-6-17)29(27,28)23-18-10-12-24(13-11-18)15-21(26)25-14-9-16-3-1-2-4-20(16)25/h1-8,18,23H,9-15H2. The molecule has 0 saturated carbocycles. The first kappa shape index (κ1) is 20.3. The van der Waals surface area contributed by atoms with E-state index in [1.807, 2.05) is 23.1 Å². The number of halogens is 1. The number of anilines is 1. The summed E-state index contributed by atoms with van der Waals surface area (Å²) in [4.78, 5) is 16.9. The van der Waals surface area contributed by atoms with Crippen molar-refractivity contribution < 1.29 is 13.2 Å². The smallest absolute Gasteiger partial charge is 0.241 e. The van der Waals surface area contributed by atoms with Crippen molar-refractivity contribution in [1.29, 1.82) is 0 Å². The van der Waals surface area contributed by atoms with Gasteiger partial charge in [-0.05, 0) is 55.2 Å². The second-order valence-electron chi connectivity index (χ2n) is 7.55. The van der Waals surface area contributed by atoms with E-state index in [-0.39, 0.29) is 16.8 Å². The molecular formula is C21H24ClN3O3S. The molecule has 8 heteroatoms. The lowest BCUT2D eigenvalue weighted by molar-refractivity contribution is -0.119. The van der Waals surface area contributed by atoms with Crippen molar-refractivity contribution in [2.24, 2.45) is 0 Å². The van der Waals surface area contributed by atoms with Gasteiger partial charge in [0.2, 0.25) is 15.9 Å². The number of hydrogen-bond acceptors (Lipinski definition) is 4. The van der Waals surface area contributed by atoms with E-state index in [2.05, 4.69) is 15.7 Å². The van der Waals surface area contributed by atoms with Gasteiger partial charge >= 0.3 is 0 Å². The third kappa shape index (κ3) is 4.64. The Hall–Kier alpha value is -1.93. The maximum Gasteiger partial charge on any atom is 0.241 e. The van der Waals surface area contributed by atoms with Gasteiger partial charge in [0.25, 0.3) is 0 Å². The maximum atomic E-state index is 12.8. The molecule has 0 aromatic heterocycles. The fourth-order valence-corrected chi connectivity index (χ4v) is 5.42. The van der Waals surface area contributed by atoms with Crippen LogP contribution in [0.25, 0.3) is 0 Å². The van der Waals surface area contributed by atoms with Gasteiger partial charge in [-0.2, -0.15) is 0 Å². The van der Waals surface area contributed by atoms with Gasteiger partial charge in [-0.3, -0.25) is 9.69 Å². The number of nitrogens with one attached hydrogen (secondary N) is 1. The van der Waals surface area contributed by atoms with Crippen LogP contribution in [0.4, 0.5) is 5.69 Å². The molecule has 2 aliphatic heterocycles. The van der Waals surface area contributed by atoms with Crippen LogP contribution in [0.1, 0.15) is 18.4 Å². The molecule has 154 valence electrons. The number of nitrogens with zero attached hydrogens (tertiary/aromatic N) is 2. The number of fused-ring (bicyclic) bond motifs is 1. The number of benzene rings is 2. The Morgan fingerprint density at radius 3 is 2.45 bits per heavy atom. The van der Waals surface area contributed by atoms with E-state index in [4.69, 9.17) is 11.6 Å². The predicted octanol–water partition coefficient (Wildman–Crippen LogP) is 2.67. The molecule has 0 unspecified atom stereocenters. The largest absolute Gasteiger partial charge is 0.311 e. The lowest BCUT2D eigenvalue weighted by Gasteiger charge is -2.32. The normalized spacial score (nSPS) is 18.0. The van der Waals surface area contributed by atoms with Crippen LogP contribution >= 0.6 is 11.6 Å². The summed E-state index contributed by atoms with van der Waals surface area (Å²) in [5, 5.41) is 0.502. The molecule has 6 nitrogen and oxygen atoms in total. The van der Waals surface area contributed by atoms with Gasteiger partial charge in [-0.1, -0.05) is 29.8 Å². The highest BCUT2D eigenvalue weighted by Gasteiger charge is 2.29. The van der Waals surface area contributed by atoms with Gasteiger partial charge in [0.1, 0.15) is 0 Å². The Bertz CT molecular complexity index is 986. The van der Waals surface area contributed by atoms with Crippen molar-refractivity contribution in [3.8, 4) is 0 Å². The van der Waals surface area contributed by atoms with Gasteiger partial charge in [0.05, 0.1) is 11.4 Å². The molecule has 0 atom stereocenters. The van der Waals surface area contributed by atoms with Crippen LogP contribution in [0.2, 0.25) is 5.02 Å². The topological polar surface area (TPSA) is 69.7 Å². The second kappa shape index (κ2) is 8.44. The molecule has 0 radical (unpaired) electrons. The monoisotopic (exact) mass is 433 g/mol. The van der Waals surface area contributed by atoms with Crippen LogP contribution in [-0.2, 0) is 21.2 Å². The van der Waals surface area contributed by atoms with Crippen molar-refractivity contribution in [1.82, 2.24) is 9.62 Å². The predicted molar refractivity (Wildman–Crippen MR) is 114 cm³/mol. The average Bonchev–Trinajstić information content (AvgIpc) is 3.14. The van der Waals surface area contributed by atoms with Gasteiger partial charge in [0, 0.05) is 36.4 Å². The van der Waals surface area contributed by atoms with E-state index in [9.17, 15) is 13.2 Å². The van der Waals surface area contributed by atoms with E-state index < -0.39 is 10.0 Å². The number of amides is 1. The molecule has 0 bridgehead atoms. The van der Waals surface area contributed by atoms with Gasteiger partial charge in [-0.25, -0.2) is 13.1 Å². The Balaban J connectivity index is 1.30. The molecule has 29 heavy (non-hydrogen) atoms. The van der Waals surface area contributed by atoms with Crippen LogP contribution < -0.4 is 9.62 Å². The number of likely N-dealkylation sites (tertiary alicyclic amines) is 1. The molecule has 1 amide bonds. The zero-order valence-corrected chi connectivity index (χ0v) is 17.6. The maximum absolute atomic E-state index is 12.8. The fraction of sp³-hybridized carbons (Fsp3) is 0.381. The van der Waals surface area contributed by atoms with Gasteiger partial charge in [-0.15, -0.1) is 0 Å². The SMILES string of the molecule is O=C(CN1CCC(NS(=O)(=O)c2ccc(Cl)cc2)CC1)N1CCc2ccccc21. The number of para-hydroxylation sites is 1. The number of sulfonamides is 1. The number of carbonyl (C=O) groups excluding carboxylic acids is 1. The molecule has 2 aliphatic rings. The van der Waals surface area contributed by atoms with Crippen molar-refractivity contribution >= 4 is 33.2 Å². The van der Waals surface area contributed by atoms with Crippen molar-refractivity contribution in [3.63, 3.8) is 0 Å². The molecule has 1 fully saturated rings. The van der Waals surface area contributed by atoms with Gasteiger partial charge in [0.15, 0.2) is 0 Å². The Kier molecular flexibility index (Phi) is 5.92. The highest BCUT2D eigenvalue weighted by atomic mass is 35.5. The summed E-state index contributed by atoms with van der Waals surface area (Å²) < 4.78 is 27.8. The van der Waals surface area contributed by atoms with Crippen LogP contribution in [0, 0.1) is 0 Å². The molecule has 1 saturated heterocycles. The second-order valence-corrected chi connectivity index (χ2v) is 9.70. The molecule has 2 aromatic carbocycles. The number of piperidine rings is 1. The van der Waals surface area contributed by atoms with Crippen molar-refractivity contribution in [2.75, 3.05) is 31.1 Å². The van der Waals surface area contributed by atoms with Gasteiger partial charge < -0.3 is 4.90 Å². The Morgan fingerprint density at radius 2 is 1.72 bits per heavy atom. The van der Waals surface area contributed by atoms with Crippen LogP contribution in [0.15, 0.2) is 53.4 Å². The quantitative estimate of drug-likeness (QED) is 0.787. The molecule has 1 N–H and O–H groups in total. The average molecular weight is 434 g/mol. The Morgan fingerprint density at radius 1 is 1.03 bits per heavy atom. The van der Waals surface area contributed by atoms with E-state index >= 15 is 0 Å². The first-order valence-electron chi connectivity index (χ1n) is 9.81. The molecule has 0 aliphatic carbocycles. The summed E-state index contributed by atoms with van der Waals surface area (Å²) in [6, 6.07) is 14.1. The summed E-state index contributed by atoms with van der Waals surface area (Å²) in [6.07, 6.45) is 2.25. The van der Waals surface area contributed by atoms with Crippen LogP contribution in [0.3, 0.4) is 0 Å². The number of rotatable bonds is 5. The highest BCUT2D eigenvalue weighted by molar-refractivity contribution is 7.89. The highest BCUT2D eigenvalue weighted by Crippen LogP contribution is 2.27. The molecule has 2 heterocycles. The zero-order valence-electron chi connectivity index (χ0n) is 16.1. The molecule has 4 rings (SSSR count). The first-order chi connectivity index (χ1) is 13.9. The summed E-state index contributed by atoms with van der Waals surface area (Å²) >= 11 is 5.83. The lowest BCUT2D eigenvalue weighted by Crippen LogP contribution is -2.47.